The number of hydrogen-bond acceptors (Lipinski definition) is 3. The van der Waals surface area contributed by atoms with E-state index in [0.717, 1.165) is 25.7 Å². The van der Waals surface area contributed by atoms with Crippen molar-refractivity contribution < 1.29 is 23.1 Å². The van der Waals surface area contributed by atoms with E-state index in [1.807, 2.05) is 0 Å². The average molecular weight is 308 g/mol. The lowest BCUT2D eigenvalue weighted by Crippen LogP contribution is -2.53. The van der Waals surface area contributed by atoms with Crippen molar-refractivity contribution in [2.45, 2.75) is 56.8 Å². The van der Waals surface area contributed by atoms with Crippen LogP contribution in [0.3, 0.4) is 0 Å². The maximum Gasteiger partial charge on any atom is 0.401 e. The minimum Gasteiger partial charge on any atom is -0.481 e. The third-order valence-corrected chi connectivity index (χ3v) is 4.46. The van der Waals surface area contributed by atoms with Gasteiger partial charge < -0.3 is 10.4 Å². The number of carboxylic acid groups (broad SMARTS) is 1. The van der Waals surface area contributed by atoms with Gasteiger partial charge in [-0.2, -0.15) is 13.2 Å². The van der Waals surface area contributed by atoms with Gasteiger partial charge in [-0.15, -0.1) is 0 Å². The first-order valence-electron chi connectivity index (χ1n) is 7.59. The molecule has 0 radical (unpaired) electrons. The van der Waals surface area contributed by atoms with Crippen LogP contribution >= 0.6 is 0 Å². The molecule has 0 aromatic rings. The first-order valence-corrected chi connectivity index (χ1v) is 7.59. The van der Waals surface area contributed by atoms with Crippen LogP contribution in [0.4, 0.5) is 13.2 Å². The molecule has 1 saturated heterocycles. The lowest BCUT2D eigenvalue weighted by Gasteiger charge is -2.41. The summed E-state index contributed by atoms with van der Waals surface area (Å²) in [5.41, 5.74) is 0. The molecule has 2 N–H and O–H groups in total. The summed E-state index contributed by atoms with van der Waals surface area (Å²) in [6.07, 6.45) is 0.783. The first kappa shape index (κ1) is 16.5. The summed E-state index contributed by atoms with van der Waals surface area (Å²) in [5.74, 6) is -0.939. The van der Waals surface area contributed by atoms with Crippen LogP contribution in [0.15, 0.2) is 0 Å². The van der Waals surface area contributed by atoms with Crippen LogP contribution in [-0.4, -0.2) is 53.9 Å². The molecule has 0 bridgehead atoms. The Hall–Kier alpha value is -0.820. The second kappa shape index (κ2) is 6.96. The summed E-state index contributed by atoms with van der Waals surface area (Å²) in [5, 5.41) is 11.5. The van der Waals surface area contributed by atoms with Gasteiger partial charge in [0, 0.05) is 31.6 Å². The summed E-state index contributed by atoms with van der Waals surface area (Å²) in [6, 6.07) is 0.141. The van der Waals surface area contributed by atoms with Gasteiger partial charge in [-0.3, -0.25) is 9.69 Å². The maximum absolute atomic E-state index is 12.3. The molecule has 2 unspecified atom stereocenters. The van der Waals surface area contributed by atoms with E-state index in [2.05, 4.69) is 10.2 Å². The number of halogens is 3. The second-order valence-corrected chi connectivity index (χ2v) is 6.28. The molecule has 2 atom stereocenters. The van der Waals surface area contributed by atoms with Crippen molar-refractivity contribution in [2.75, 3.05) is 19.6 Å². The summed E-state index contributed by atoms with van der Waals surface area (Å²) >= 11 is 0. The molecule has 21 heavy (non-hydrogen) atoms. The quantitative estimate of drug-likeness (QED) is 0.818. The number of alkyl halides is 3. The third kappa shape index (κ3) is 5.47. The molecule has 2 fully saturated rings. The SMILES string of the molecule is O=C(O)CC1CC(NCC(F)(F)F)CN(C2CCCC2)C1. The van der Waals surface area contributed by atoms with E-state index in [9.17, 15) is 18.0 Å². The van der Waals surface area contributed by atoms with Crippen molar-refractivity contribution >= 4 is 5.97 Å². The van der Waals surface area contributed by atoms with E-state index in [-0.39, 0.29) is 18.4 Å². The predicted molar refractivity (Wildman–Crippen MR) is 72.0 cm³/mol. The van der Waals surface area contributed by atoms with Gasteiger partial charge in [0.25, 0.3) is 0 Å². The van der Waals surface area contributed by atoms with E-state index in [1.54, 1.807) is 0 Å². The molecule has 1 aliphatic carbocycles. The normalized spacial score (nSPS) is 28.9. The fraction of sp³-hybridized carbons (Fsp3) is 0.929. The standard InChI is InChI=1S/C14H23F3N2O2/c15-14(16,17)9-18-11-5-10(6-13(20)21)7-19(8-11)12-3-1-2-4-12/h10-12,18H,1-9H2,(H,20,21). The second-order valence-electron chi connectivity index (χ2n) is 6.28. The molecular weight excluding hydrogens is 285 g/mol. The minimum atomic E-state index is -4.22. The van der Waals surface area contributed by atoms with Crippen molar-refractivity contribution in [2.24, 2.45) is 5.92 Å². The van der Waals surface area contributed by atoms with Crippen LogP contribution in [-0.2, 0) is 4.79 Å². The van der Waals surface area contributed by atoms with Crippen LogP contribution in [0.2, 0.25) is 0 Å². The number of rotatable bonds is 5. The van der Waals surface area contributed by atoms with Crippen LogP contribution in [0.5, 0.6) is 0 Å². The van der Waals surface area contributed by atoms with Gasteiger partial charge in [0.2, 0.25) is 0 Å². The topological polar surface area (TPSA) is 52.6 Å². The summed E-state index contributed by atoms with van der Waals surface area (Å²) in [4.78, 5) is 13.1. The molecule has 1 saturated carbocycles. The fourth-order valence-corrected chi connectivity index (χ4v) is 3.61. The Morgan fingerprint density at radius 1 is 1.24 bits per heavy atom. The Kier molecular flexibility index (Phi) is 5.48. The lowest BCUT2D eigenvalue weighted by atomic mass is 9.90. The van der Waals surface area contributed by atoms with Crippen LogP contribution < -0.4 is 5.32 Å². The van der Waals surface area contributed by atoms with Gasteiger partial charge in [0.05, 0.1) is 6.54 Å². The maximum atomic E-state index is 12.3. The molecule has 0 spiro atoms. The van der Waals surface area contributed by atoms with Gasteiger partial charge >= 0.3 is 12.1 Å². The number of nitrogens with zero attached hydrogens (tertiary/aromatic N) is 1. The zero-order valence-corrected chi connectivity index (χ0v) is 12.0. The Morgan fingerprint density at radius 2 is 1.90 bits per heavy atom. The highest BCUT2D eigenvalue weighted by atomic mass is 19.4. The van der Waals surface area contributed by atoms with E-state index >= 15 is 0 Å². The largest absolute Gasteiger partial charge is 0.481 e. The monoisotopic (exact) mass is 308 g/mol. The number of likely N-dealkylation sites (tertiary alicyclic amines) is 1. The predicted octanol–water partition coefficient (Wildman–Crippen LogP) is 2.25. The van der Waals surface area contributed by atoms with E-state index < -0.39 is 18.7 Å². The van der Waals surface area contributed by atoms with Crippen molar-refractivity contribution in [1.82, 2.24) is 10.2 Å². The van der Waals surface area contributed by atoms with E-state index in [4.69, 9.17) is 5.11 Å². The number of hydrogen-bond donors (Lipinski definition) is 2. The average Bonchev–Trinajstić information content (AvgIpc) is 2.88. The van der Waals surface area contributed by atoms with E-state index in [0.29, 0.717) is 25.6 Å². The highest BCUT2D eigenvalue weighted by molar-refractivity contribution is 5.67. The summed E-state index contributed by atoms with van der Waals surface area (Å²) in [7, 11) is 0. The molecule has 0 aromatic carbocycles. The number of nitrogens with one attached hydrogen (secondary N) is 1. The van der Waals surface area contributed by atoms with Crippen LogP contribution in [0.25, 0.3) is 0 Å². The molecule has 1 heterocycles. The molecule has 0 amide bonds. The van der Waals surface area contributed by atoms with Crippen LogP contribution in [0, 0.1) is 5.92 Å². The van der Waals surface area contributed by atoms with Crippen molar-refractivity contribution in [3.05, 3.63) is 0 Å². The molecule has 2 aliphatic rings. The van der Waals surface area contributed by atoms with Crippen molar-refractivity contribution in [3.63, 3.8) is 0 Å². The number of carbonyl (C=O) groups is 1. The highest BCUT2D eigenvalue weighted by Gasteiger charge is 2.35. The highest BCUT2D eigenvalue weighted by Crippen LogP contribution is 2.29. The molecule has 122 valence electrons. The zero-order chi connectivity index (χ0) is 15.5. The molecule has 7 heteroatoms. The smallest absolute Gasteiger partial charge is 0.401 e. The lowest BCUT2D eigenvalue weighted by molar-refractivity contribution is -0.139. The summed E-state index contributed by atoms with van der Waals surface area (Å²) < 4.78 is 37.0. The van der Waals surface area contributed by atoms with E-state index in [1.165, 1.54) is 0 Å². The van der Waals surface area contributed by atoms with Gasteiger partial charge in [0.15, 0.2) is 0 Å². The molecular formula is C14H23F3N2O2. The zero-order valence-electron chi connectivity index (χ0n) is 12.0. The number of carboxylic acids is 1. The molecule has 2 rings (SSSR count). The minimum absolute atomic E-state index is 0.0351. The first-order chi connectivity index (χ1) is 9.83. The van der Waals surface area contributed by atoms with Gasteiger partial charge in [0.1, 0.15) is 0 Å². The summed E-state index contributed by atoms with van der Waals surface area (Å²) in [6.45, 7) is 0.286. The van der Waals surface area contributed by atoms with Crippen LogP contribution in [0.1, 0.15) is 38.5 Å². The van der Waals surface area contributed by atoms with Gasteiger partial charge in [-0.05, 0) is 25.2 Å². The van der Waals surface area contributed by atoms with Gasteiger partial charge in [-0.25, -0.2) is 0 Å². The Morgan fingerprint density at radius 3 is 2.48 bits per heavy atom. The Balaban J connectivity index is 1.93. The Bertz CT molecular complexity index is 357. The number of aliphatic carboxylic acids is 1. The molecule has 0 aromatic heterocycles. The molecule has 4 nitrogen and oxygen atoms in total. The fourth-order valence-electron chi connectivity index (χ4n) is 3.61. The number of piperidine rings is 1. The van der Waals surface area contributed by atoms with Crippen molar-refractivity contribution in [3.8, 4) is 0 Å². The molecule has 1 aliphatic heterocycles. The van der Waals surface area contributed by atoms with Crippen molar-refractivity contribution in [1.29, 1.82) is 0 Å². The van der Waals surface area contributed by atoms with Gasteiger partial charge in [-0.1, -0.05) is 12.8 Å². The third-order valence-electron chi connectivity index (χ3n) is 4.46. The Labute approximate surface area is 122 Å².